The highest BCUT2D eigenvalue weighted by molar-refractivity contribution is 14.1. The first-order chi connectivity index (χ1) is 8.18. The quantitative estimate of drug-likeness (QED) is 0.794. The van der Waals surface area contributed by atoms with Gasteiger partial charge in [0.15, 0.2) is 0 Å². The van der Waals surface area contributed by atoms with Crippen molar-refractivity contribution >= 4 is 28.4 Å². The first-order valence-electron chi connectivity index (χ1n) is 5.83. The summed E-state index contributed by atoms with van der Waals surface area (Å²) in [7, 11) is 2.01. The number of nitrogens with one attached hydrogen (secondary N) is 2. The average Bonchev–Trinajstić information content (AvgIpc) is 2.34. The summed E-state index contributed by atoms with van der Waals surface area (Å²) in [5.41, 5.74) is -0.0623. The number of piperidine rings is 1. The van der Waals surface area contributed by atoms with Crippen LogP contribution in [-0.4, -0.2) is 36.6 Å². The highest BCUT2D eigenvalue weighted by Crippen LogP contribution is 2.18. The van der Waals surface area contributed by atoms with Gasteiger partial charge >= 0.3 is 0 Å². The van der Waals surface area contributed by atoms with Crippen molar-refractivity contribution in [3.05, 3.63) is 20.3 Å². The second kappa shape index (κ2) is 5.81. The molecule has 0 radical (unpaired) electrons. The predicted molar refractivity (Wildman–Crippen MR) is 76.4 cm³/mol. The van der Waals surface area contributed by atoms with Gasteiger partial charge in [-0.25, -0.2) is 4.98 Å². The second-order valence-electron chi connectivity index (χ2n) is 4.44. The molecule has 1 aromatic heterocycles. The zero-order valence-corrected chi connectivity index (χ0v) is 12.0. The van der Waals surface area contributed by atoms with Crippen molar-refractivity contribution in [2.45, 2.75) is 12.8 Å². The van der Waals surface area contributed by atoms with Crippen LogP contribution in [0.15, 0.2) is 11.1 Å². The lowest BCUT2D eigenvalue weighted by atomic mass is 9.98. The van der Waals surface area contributed by atoms with E-state index in [0.717, 1.165) is 25.5 Å². The van der Waals surface area contributed by atoms with Gasteiger partial charge in [0, 0.05) is 13.6 Å². The van der Waals surface area contributed by atoms with Crippen LogP contribution in [0.3, 0.4) is 0 Å². The summed E-state index contributed by atoms with van der Waals surface area (Å²) in [5.74, 6) is 1.48. The van der Waals surface area contributed by atoms with Crippen LogP contribution < -0.4 is 15.8 Å². The van der Waals surface area contributed by atoms with Gasteiger partial charge in [0.05, 0.1) is 6.33 Å². The molecule has 17 heavy (non-hydrogen) atoms. The Balaban J connectivity index is 2.06. The van der Waals surface area contributed by atoms with Crippen molar-refractivity contribution < 1.29 is 0 Å². The van der Waals surface area contributed by atoms with E-state index in [1.54, 1.807) is 0 Å². The van der Waals surface area contributed by atoms with E-state index in [9.17, 15) is 4.79 Å². The van der Waals surface area contributed by atoms with Gasteiger partial charge in [-0.3, -0.25) is 4.79 Å². The molecule has 0 unspecified atom stereocenters. The fraction of sp³-hybridized carbons (Fsp3) is 0.636. The van der Waals surface area contributed by atoms with Gasteiger partial charge in [-0.1, -0.05) is 0 Å². The van der Waals surface area contributed by atoms with Crippen molar-refractivity contribution in [1.82, 2.24) is 15.3 Å². The Hall–Kier alpha value is -0.630. The Morgan fingerprint density at radius 3 is 2.94 bits per heavy atom. The minimum atomic E-state index is -0.0623. The Kier molecular flexibility index (Phi) is 4.38. The minimum absolute atomic E-state index is 0.0623. The van der Waals surface area contributed by atoms with E-state index in [0.29, 0.717) is 9.49 Å². The summed E-state index contributed by atoms with van der Waals surface area (Å²) in [4.78, 5) is 20.4. The van der Waals surface area contributed by atoms with Gasteiger partial charge in [-0.2, -0.15) is 0 Å². The van der Waals surface area contributed by atoms with Crippen LogP contribution in [0.4, 0.5) is 5.82 Å². The monoisotopic (exact) mass is 348 g/mol. The Labute approximate surface area is 114 Å². The van der Waals surface area contributed by atoms with Crippen LogP contribution in [0.25, 0.3) is 0 Å². The zero-order chi connectivity index (χ0) is 12.3. The third kappa shape index (κ3) is 3.19. The molecule has 0 amide bonds. The number of halogens is 1. The number of nitrogens with zero attached hydrogens (tertiary/aromatic N) is 2. The predicted octanol–water partition coefficient (Wildman–Crippen LogP) is 0.810. The number of anilines is 1. The normalized spacial score (nSPS) is 17.1. The van der Waals surface area contributed by atoms with Crippen molar-refractivity contribution in [3.8, 4) is 0 Å². The topological polar surface area (TPSA) is 61.0 Å². The summed E-state index contributed by atoms with van der Waals surface area (Å²) in [6.07, 6.45) is 3.87. The van der Waals surface area contributed by atoms with E-state index in [4.69, 9.17) is 0 Å². The van der Waals surface area contributed by atoms with Crippen LogP contribution >= 0.6 is 22.6 Å². The van der Waals surface area contributed by atoms with E-state index in [1.807, 2.05) is 7.05 Å². The number of rotatable bonds is 3. The molecule has 0 spiro atoms. The maximum Gasteiger partial charge on any atom is 0.266 e. The highest BCUT2D eigenvalue weighted by Gasteiger charge is 2.17. The molecule has 1 aliphatic rings. The fourth-order valence-corrected chi connectivity index (χ4v) is 2.88. The van der Waals surface area contributed by atoms with Crippen LogP contribution in [0.5, 0.6) is 0 Å². The molecule has 0 saturated carbocycles. The lowest BCUT2D eigenvalue weighted by molar-refractivity contribution is 0.377. The summed E-state index contributed by atoms with van der Waals surface area (Å²) >= 11 is 2.05. The summed E-state index contributed by atoms with van der Waals surface area (Å²) in [5, 5.41) is 3.36. The lowest BCUT2D eigenvalue weighted by Crippen LogP contribution is -2.35. The molecule has 2 heterocycles. The van der Waals surface area contributed by atoms with E-state index < -0.39 is 0 Å². The van der Waals surface area contributed by atoms with Gasteiger partial charge in [0.25, 0.3) is 5.56 Å². The molecule has 5 nitrogen and oxygen atoms in total. The fourth-order valence-electron chi connectivity index (χ4n) is 2.18. The Bertz CT molecular complexity index is 428. The highest BCUT2D eigenvalue weighted by atomic mass is 127. The number of hydrogen-bond acceptors (Lipinski definition) is 4. The summed E-state index contributed by atoms with van der Waals surface area (Å²) < 4.78 is 0.668. The molecule has 6 heteroatoms. The molecule has 1 saturated heterocycles. The van der Waals surface area contributed by atoms with Crippen LogP contribution in [0, 0.1) is 9.49 Å². The molecule has 1 fully saturated rings. The average molecular weight is 348 g/mol. The largest absolute Gasteiger partial charge is 0.358 e. The number of H-pyrrole nitrogens is 1. The van der Waals surface area contributed by atoms with E-state index in [2.05, 4.69) is 42.8 Å². The van der Waals surface area contributed by atoms with Gasteiger partial charge in [0.1, 0.15) is 9.39 Å². The SMILES string of the molecule is CN(CC1CCNCC1)c1nc[nH]c(=O)c1I. The first kappa shape index (κ1) is 12.8. The number of aromatic amines is 1. The van der Waals surface area contributed by atoms with Gasteiger partial charge in [-0.15, -0.1) is 0 Å². The molecule has 0 aliphatic carbocycles. The standard InChI is InChI=1S/C11H17IN4O/c1-16(6-8-2-4-13-5-3-8)10-9(12)11(17)15-7-14-10/h7-8,13H,2-6H2,1H3,(H,14,15,17). The van der Waals surface area contributed by atoms with Crippen molar-refractivity contribution in [1.29, 1.82) is 0 Å². The Morgan fingerprint density at radius 1 is 1.53 bits per heavy atom. The smallest absolute Gasteiger partial charge is 0.266 e. The van der Waals surface area contributed by atoms with E-state index in [1.165, 1.54) is 19.2 Å². The van der Waals surface area contributed by atoms with Crippen LogP contribution in [-0.2, 0) is 0 Å². The summed E-state index contributed by atoms with van der Waals surface area (Å²) in [6, 6.07) is 0. The number of hydrogen-bond donors (Lipinski definition) is 2. The van der Waals surface area contributed by atoms with Crippen LogP contribution in [0.1, 0.15) is 12.8 Å². The van der Waals surface area contributed by atoms with Gasteiger partial charge < -0.3 is 15.2 Å². The molecule has 94 valence electrons. The maximum atomic E-state index is 11.5. The molecular weight excluding hydrogens is 331 g/mol. The van der Waals surface area contributed by atoms with E-state index >= 15 is 0 Å². The molecule has 0 atom stereocenters. The summed E-state index contributed by atoms with van der Waals surface area (Å²) in [6.45, 7) is 3.16. The van der Waals surface area contributed by atoms with E-state index in [-0.39, 0.29) is 5.56 Å². The third-order valence-electron chi connectivity index (χ3n) is 3.13. The minimum Gasteiger partial charge on any atom is -0.358 e. The molecule has 2 rings (SSSR count). The van der Waals surface area contributed by atoms with Crippen molar-refractivity contribution in [3.63, 3.8) is 0 Å². The molecule has 1 aromatic rings. The first-order valence-corrected chi connectivity index (χ1v) is 6.91. The maximum absolute atomic E-state index is 11.5. The molecule has 0 aromatic carbocycles. The molecular formula is C11H17IN4O. The van der Waals surface area contributed by atoms with Crippen molar-refractivity contribution in [2.75, 3.05) is 31.6 Å². The molecule has 0 bridgehead atoms. The Morgan fingerprint density at radius 2 is 2.24 bits per heavy atom. The molecule has 1 aliphatic heterocycles. The van der Waals surface area contributed by atoms with Gasteiger partial charge in [0.2, 0.25) is 0 Å². The zero-order valence-electron chi connectivity index (χ0n) is 9.87. The van der Waals surface area contributed by atoms with Crippen LogP contribution in [0.2, 0.25) is 0 Å². The lowest BCUT2D eigenvalue weighted by Gasteiger charge is -2.28. The third-order valence-corrected chi connectivity index (χ3v) is 4.10. The number of aromatic nitrogens is 2. The van der Waals surface area contributed by atoms with Crippen molar-refractivity contribution in [2.24, 2.45) is 5.92 Å². The molecule has 2 N–H and O–H groups in total. The van der Waals surface area contributed by atoms with Gasteiger partial charge in [-0.05, 0) is 54.4 Å². The second-order valence-corrected chi connectivity index (χ2v) is 5.52.